The van der Waals surface area contributed by atoms with E-state index in [0.717, 1.165) is 50.3 Å². The lowest BCUT2D eigenvalue weighted by Crippen LogP contribution is -2.48. The van der Waals surface area contributed by atoms with E-state index in [9.17, 15) is 4.79 Å². The first-order chi connectivity index (χ1) is 13.6. The third-order valence-electron chi connectivity index (χ3n) is 6.02. The molecule has 1 aromatic heterocycles. The second kappa shape index (κ2) is 8.25. The maximum atomic E-state index is 12.7. The summed E-state index contributed by atoms with van der Waals surface area (Å²) < 4.78 is 8.13. The van der Waals surface area contributed by atoms with E-state index in [-0.39, 0.29) is 11.4 Å². The van der Waals surface area contributed by atoms with Crippen molar-refractivity contribution in [2.24, 2.45) is 11.3 Å². The van der Waals surface area contributed by atoms with Gasteiger partial charge in [0.25, 0.3) is 0 Å². The Balaban J connectivity index is 1.24. The molecule has 0 radical (unpaired) electrons. The molecule has 2 amide bonds. The van der Waals surface area contributed by atoms with Gasteiger partial charge in [-0.1, -0.05) is 18.2 Å². The van der Waals surface area contributed by atoms with Gasteiger partial charge in [0.15, 0.2) is 0 Å². The molecule has 1 N–H and O–H groups in total. The van der Waals surface area contributed by atoms with E-state index < -0.39 is 0 Å². The lowest BCUT2D eigenvalue weighted by molar-refractivity contribution is 0.136. The van der Waals surface area contributed by atoms with Crippen LogP contribution in [0, 0.1) is 18.3 Å². The number of nitrogens with zero attached hydrogens (tertiary/aromatic N) is 3. The minimum atomic E-state index is 0.0671. The van der Waals surface area contributed by atoms with Gasteiger partial charge in [-0.15, -0.1) is 0 Å². The van der Waals surface area contributed by atoms with E-state index in [2.05, 4.69) is 27.9 Å². The van der Waals surface area contributed by atoms with E-state index in [1.807, 2.05) is 41.8 Å². The van der Waals surface area contributed by atoms with E-state index in [0.29, 0.717) is 12.5 Å². The highest BCUT2D eigenvalue weighted by Gasteiger charge is 2.43. The van der Waals surface area contributed by atoms with Gasteiger partial charge in [-0.3, -0.25) is 0 Å². The summed E-state index contributed by atoms with van der Waals surface area (Å²) in [4.78, 5) is 18.8. The number of para-hydroxylation sites is 1. The van der Waals surface area contributed by atoms with Gasteiger partial charge in [0, 0.05) is 49.9 Å². The van der Waals surface area contributed by atoms with Crippen molar-refractivity contribution in [3.63, 3.8) is 0 Å². The molecule has 1 aromatic carbocycles. The second-order valence-corrected chi connectivity index (χ2v) is 8.42. The summed E-state index contributed by atoms with van der Waals surface area (Å²) in [6.45, 7) is 6.01. The standard InChI is InChI=1S/C22H30N4O2/c1-18-5-2-3-7-20(18)28-14-19-6-4-11-26(13-19)21(27)24-15-22(8-9-22)16-25-12-10-23-17-25/h2-3,5,7,10,12,17,19H,4,6,8-9,11,13-16H2,1H3,(H,24,27). The predicted octanol–water partition coefficient (Wildman–Crippen LogP) is 3.47. The molecule has 1 saturated carbocycles. The van der Waals surface area contributed by atoms with Crippen LogP contribution in [0.5, 0.6) is 5.75 Å². The average Bonchev–Trinajstić information content (AvgIpc) is 3.28. The van der Waals surface area contributed by atoms with Crippen LogP contribution in [0.15, 0.2) is 43.0 Å². The van der Waals surface area contributed by atoms with Gasteiger partial charge in [0.05, 0.1) is 12.9 Å². The summed E-state index contributed by atoms with van der Waals surface area (Å²) in [5.41, 5.74) is 1.36. The normalized spacial score (nSPS) is 20.6. The summed E-state index contributed by atoms with van der Waals surface area (Å²) in [5.74, 6) is 1.33. The number of amides is 2. The Hall–Kier alpha value is -2.50. The molecule has 0 spiro atoms. The fourth-order valence-corrected chi connectivity index (χ4v) is 4.02. The molecule has 2 fully saturated rings. The fraction of sp³-hybridized carbons (Fsp3) is 0.545. The number of aryl methyl sites for hydroxylation is 1. The molecule has 6 heteroatoms. The summed E-state index contributed by atoms with van der Waals surface area (Å²) >= 11 is 0. The maximum absolute atomic E-state index is 12.7. The Kier molecular flexibility index (Phi) is 5.55. The van der Waals surface area contributed by atoms with Gasteiger partial charge in [-0.2, -0.15) is 0 Å². The second-order valence-electron chi connectivity index (χ2n) is 8.42. The number of nitrogens with one attached hydrogen (secondary N) is 1. The van der Waals surface area contributed by atoms with Gasteiger partial charge < -0.3 is 19.5 Å². The van der Waals surface area contributed by atoms with Gasteiger partial charge >= 0.3 is 6.03 Å². The molecular formula is C22H30N4O2. The lowest BCUT2D eigenvalue weighted by atomic mass is 9.99. The molecule has 1 unspecified atom stereocenters. The highest BCUT2D eigenvalue weighted by molar-refractivity contribution is 5.74. The molecule has 1 saturated heterocycles. The first-order valence-electron chi connectivity index (χ1n) is 10.3. The van der Waals surface area contributed by atoms with Gasteiger partial charge in [-0.25, -0.2) is 9.78 Å². The third kappa shape index (κ3) is 4.66. The number of ether oxygens (including phenoxy) is 1. The van der Waals surface area contributed by atoms with Crippen molar-refractivity contribution in [1.29, 1.82) is 0 Å². The molecule has 2 aliphatic rings. The summed E-state index contributed by atoms with van der Waals surface area (Å²) in [6, 6.07) is 8.16. The summed E-state index contributed by atoms with van der Waals surface area (Å²) in [6.07, 6.45) is 10.1. The van der Waals surface area contributed by atoms with Crippen LogP contribution in [-0.2, 0) is 6.54 Å². The zero-order valence-electron chi connectivity index (χ0n) is 16.6. The van der Waals surface area contributed by atoms with Crippen LogP contribution in [0.1, 0.15) is 31.2 Å². The summed E-state index contributed by atoms with van der Waals surface area (Å²) in [5, 5.41) is 3.18. The number of hydrogen-bond acceptors (Lipinski definition) is 3. The van der Waals surface area contributed by atoms with Gasteiger partial charge in [-0.05, 0) is 44.2 Å². The number of rotatable bonds is 7. The highest BCUT2D eigenvalue weighted by atomic mass is 16.5. The zero-order chi connectivity index (χ0) is 19.4. The van der Waals surface area contributed by atoms with Crippen molar-refractivity contribution in [3.05, 3.63) is 48.5 Å². The number of piperidine rings is 1. The zero-order valence-corrected chi connectivity index (χ0v) is 16.6. The van der Waals surface area contributed by atoms with E-state index in [4.69, 9.17) is 4.74 Å². The van der Waals surface area contributed by atoms with Crippen LogP contribution < -0.4 is 10.1 Å². The molecule has 0 bridgehead atoms. The Morgan fingerprint density at radius 2 is 2.21 bits per heavy atom. The van der Waals surface area contributed by atoms with E-state index in [1.54, 1.807) is 0 Å². The van der Waals surface area contributed by atoms with Crippen LogP contribution in [0.2, 0.25) is 0 Å². The maximum Gasteiger partial charge on any atom is 0.317 e. The van der Waals surface area contributed by atoms with Crippen molar-refractivity contribution in [2.75, 3.05) is 26.2 Å². The highest BCUT2D eigenvalue weighted by Crippen LogP contribution is 2.46. The Labute approximate surface area is 166 Å². The molecule has 2 heterocycles. The van der Waals surface area contributed by atoms with Crippen LogP contribution >= 0.6 is 0 Å². The van der Waals surface area contributed by atoms with Crippen molar-refractivity contribution in [2.45, 2.75) is 39.2 Å². The predicted molar refractivity (Wildman–Crippen MR) is 108 cm³/mol. The molecule has 150 valence electrons. The van der Waals surface area contributed by atoms with Crippen LogP contribution in [0.4, 0.5) is 4.79 Å². The van der Waals surface area contributed by atoms with Crippen molar-refractivity contribution < 1.29 is 9.53 Å². The SMILES string of the molecule is Cc1ccccc1OCC1CCCN(C(=O)NCC2(Cn3ccnc3)CC2)C1. The Morgan fingerprint density at radius 1 is 1.36 bits per heavy atom. The number of carbonyl (C=O) groups excluding carboxylic acids is 1. The molecule has 2 aromatic rings. The largest absolute Gasteiger partial charge is 0.493 e. The Morgan fingerprint density at radius 3 is 2.96 bits per heavy atom. The quantitative estimate of drug-likeness (QED) is 0.798. The average molecular weight is 383 g/mol. The number of carbonyl (C=O) groups is 1. The third-order valence-corrected chi connectivity index (χ3v) is 6.02. The molecular weight excluding hydrogens is 352 g/mol. The number of imidazole rings is 1. The lowest BCUT2D eigenvalue weighted by Gasteiger charge is -2.33. The number of urea groups is 1. The fourth-order valence-electron chi connectivity index (χ4n) is 4.02. The number of hydrogen-bond donors (Lipinski definition) is 1. The van der Waals surface area contributed by atoms with Crippen LogP contribution in [0.25, 0.3) is 0 Å². The first kappa shape index (κ1) is 18.8. The topological polar surface area (TPSA) is 59.4 Å². The van der Waals surface area contributed by atoms with Crippen molar-refractivity contribution >= 4 is 6.03 Å². The van der Waals surface area contributed by atoms with Gasteiger partial charge in [0.1, 0.15) is 5.75 Å². The number of aromatic nitrogens is 2. The Bertz CT molecular complexity index is 786. The molecule has 1 aliphatic carbocycles. The smallest absolute Gasteiger partial charge is 0.317 e. The monoisotopic (exact) mass is 382 g/mol. The number of likely N-dealkylation sites (tertiary alicyclic amines) is 1. The summed E-state index contributed by atoms with van der Waals surface area (Å²) in [7, 11) is 0. The minimum Gasteiger partial charge on any atom is -0.493 e. The van der Waals surface area contributed by atoms with E-state index in [1.165, 1.54) is 12.8 Å². The van der Waals surface area contributed by atoms with Gasteiger partial charge in [0.2, 0.25) is 0 Å². The minimum absolute atomic E-state index is 0.0671. The molecule has 6 nitrogen and oxygen atoms in total. The van der Waals surface area contributed by atoms with Crippen LogP contribution in [-0.4, -0.2) is 46.7 Å². The van der Waals surface area contributed by atoms with Crippen molar-refractivity contribution in [1.82, 2.24) is 19.8 Å². The van der Waals surface area contributed by atoms with Crippen LogP contribution in [0.3, 0.4) is 0 Å². The molecule has 28 heavy (non-hydrogen) atoms. The first-order valence-corrected chi connectivity index (χ1v) is 10.3. The van der Waals surface area contributed by atoms with Crippen molar-refractivity contribution in [3.8, 4) is 5.75 Å². The molecule has 4 rings (SSSR count). The van der Waals surface area contributed by atoms with E-state index >= 15 is 0 Å². The molecule has 1 atom stereocenters. The number of benzene rings is 1. The molecule has 1 aliphatic heterocycles.